The number of hydrogen-bond acceptors (Lipinski definition) is 4. The molecule has 2 aromatic carbocycles. The van der Waals surface area contributed by atoms with Crippen molar-refractivity contribution in [2.24, 2.45) is 0 Å². The number of aryl methyl sites for hydroxylation is 1. The van der Waals surface area contributed by atoms with Gasteiger partial charge in [0.1, 0.15) is 0 Å². The number of nitrogens with one attached hydrogen (secondary N) is 2. The number of para-hydroxylation sites is 1. The van der Waals surface area contributed by atoms with Gasteiger partial charge in [0, 0.05) is 36.9 Å². The molecule has 0 saturated heterocycles. The monoisotopic (exact) mass is 400 g/mol. The van der Waals surface area contributed by atoms with Gasteiger partial charge in [0.05, 0.1) is 6.04 Å². The average Bonchev–Trinajstić information content (AvgIpc) is 3.20. The highest BCUT2D eigenvalue weighted by Crippen LogP contribution is 2.34. The first-order valence-electron chi connectivity index (χ1n) is 10.0. The van der Waals surface area contributed by atoms with E-state index in [0.717, 1.165) is 29.8 Å². The van der Waals surface area contributed by atoms with Gasteiger partial charge in [-0.2, -0.15) is 0 Å². The van der Waals surface area contributed by atoms with Gasteiger partial charge in [-0.15, -0.1) is 0 Å². The molecule has 6 nitrogen and oxygen atoms in total. The van der Waals surface area contributed by atoms with Crippen molar-refractivity contribution in [3.8, 4) is 0 Å². The van der Waals surface area contributed by atoms with E-state index in [1.54, 1.807) is 18.3 Å². The van der Waals surface area contributed by atoms with Crippen molar-refractivity contribution < 1.29 is 9.59 Å². The standard InChI is InChI=1S/C24H24N4O2/c1-17-8-10-20(11-9-17)27-24(30)23(29)26-16-22(19-6-4-13-25-15-19)28-14-12-18-5-2-3-7-21(18)28/h2-11,13,15,22H,12,14,16H2,1H3,(H,26,29)(H,27,30). The van der Waals surface area contributed by atoms with Gasteiger partial charge in [-0.25, -0.2) is 0 Å². The maximum absolute atomic E-state index is 12.5. The molecular formula is C24H24N4O2. The second-order valence-corrected chi connectivity index (χ2v) is 7.40. The average molecular weight is 400 g/mol. The van der Waals surface area contributed by atoms with Crippen LogP contribution in [-0.2, 0) is 16.0 Å². The SMILES string of the molecule is Cc1ccc(NC(=O)C(=O)NCC(c2cccnc2)N2CCc3ccccc32)cc1. The normalized spacial score (nSPS) is 13.4. The van der Waals surface area contributed by atoms with Crippen molar-refractivity contribution in [1.29, 1.82) is 0 Å². The Hall–Kier alpha value is -3.67. The minimum absolute atomic E-state index is 0.113. The molecule has 4 rings (SSSR count). The number of benzene rings is 2. The molecular weight excluding hydrogens is 376 g/mol. The number of anilines is 2. The molecule has 1 unspecified atom stereocenters. The van der Waals surface area contributed by atoms with Crippen molar-refractivity contribution in [2.45, 2.75) is 19.4 Å². The topological polar surface area (TPSA) is 74.3 Å². The third kappa shape index (κ3) is 4.33. The lowest BCUT2D eigenvalue weighted by molar-refractivity contribution is -0.136. The van der Waals surface area contributed by atoms with E-state index in [4.69, 9.17) is 0 Å². The van der Waals surface area contributed by atoms with Crippen LogP contribution >= 0.6 is 0 Å². The van der Waals surface area contributed by atoms with Crippen molar-refractivity contribution in [2.75, 3.05) is 23.3 Å². The van der Waals surface area contributed by atoms with Crippen LogP contribution in [0.2, 0.25) is 0 Å². The highest BCUT2D eigenvalue weighted by Gasteiger charge is 2.28. The van der Waals surface area contributed by atoms with E-state index in [9.17, 15) is 9.59 Å². The van der Waals surface area contributed by atoms with Crippen molar-refractivity contribution in [3.63, 3.8) is 0 Å². The zero-order valence-electron chi connectivity index (χ0n) is 16.8. The summed E-state index contributed by atoms with van der Waals surface area (Å²) in [4.78, 5) is 31.3. The van der Waals surface area contributed by atoms with Gasteiger partial charge in [0.15, 0.2) is 0 Å². The molecule has 2 amide bonds. The zero-order valence-corrected chi connectivity index (χ0v) is 16.8. The van der Waals surface area contributed by atoms with Gasteiger partial charge in [0.25, 0.3) is 0 Å². The number of amides is 2. The van der Waals surface area contributed by atoms with Crippen LogP contribution < -0.4 is 15.5 Å². The molecule has 1 aromatic heterocycles. The Bertz CT molecular complexity index is 1030. The third-order valence-corrected chi connectivity index (χ3v) is 5.34. The summed E-state index contributed by atoms with van der Waals surface area (Å²) in [7, 11) is 0. The van der Waals surface area contributed by atoms with Crippen molar-refractivity contribution in [1.82, 2.24) is 10.3 Å². The molecule has 0 spiro atoms. The van der Waals surface area contributed by atoms with Crippen LogP contribution in [0.1, 0.15) is 22.7 Å². The number of pyridine rings is 1. The summed E-state index contributed by atoms with van der Waals surface area (Å²) in [6.07, 6.45) is 4.49. The molecule has 0 fully saturated rings. The Labute approximate surface area is 175 Å². The summed E-state index contributed by atoms with van der Waals surface area (Å²) in [5.74, 6) is -1.33. The summed E-state index contributed by atoms with van der Waals surface area (Å²) in [5.41, 5.74) is 5.12. The van der Waals surface area contributed by atoms with Crippen LogP contribution in [0.5, 0.6) is 0 Å². The van der Waals surface area contributed by atoms with Gasteiger partial charge in [0.2, 0.25) is 0 Å². The highest BCUT2D eigenvalue weighted by atomic mass is 16.2. The molecule has 0 aliphatic carbocycles. The van der Waals surface area contributed by atoms with Crippen LogP contribution in [0.25, 0.3) is 0 Å². The van der Waals surface area contributed by atoms with Gasteiger partial charge >= 0.3 is 11.8 Å². The van der Waals surface area contributed by atoms with E-state index in [2.05, 4.69) is 32.7 Å². The molecule has 6 heteroatoms. The minimum atomic E-state index is -0.675. The summed E-state index contributed by atoms with van der Waals surface area (Å²) in [6.45, 7) is 3.12. The van der Waals surface area contributed by atoms with Crippen LogP contribution in [0, 0.1) is 6.92 Å². The summed E-state index contributed by atoms with van der Waals surface area (Å²) in [5, 5.41) is 5.44. The van der Waals surface area contributed by atoms with Crippen LogP contribution in [0.3, 0.4) is 0 Å². The zero-order chi connectivity index (χ0) is 20.9. The van der Waals surface area contributed by atoms with Gasteiger partial charge in [-0.1, -0.05) is 42.0 Å². The Morgan fingerprint density at radius 2 is 1.83 bits per heavy atom. The van der Waals surface area contributed by atoms with Crippen molar-refractivity contribution >= 4 is 23.2 Å². The Balaban J connectivity index is 1.47. The molecule has 1 aliphatic rings. The summed E-state index contributed by atoms with van der Waals surface area (Å²) < 4.78 is 0. The number of fused-ring (bicyclic) bond motifs is 1. The summed E-state index contributed by atoms with van der Waals surface area (Å²) in [6, 6.07) is 19.4. The molecule has 1 aliphatic heterocycles. The Kier molecular flexibility index (Phi) is 5.75. The quantitative estimate of drug-likeness (QED) is 0.645. The molecule has 3 aromatic rings. The van der Waals surface area contributed by atoms with Crippen LogP contribution in [-0.4, -0.2) is 29.9 Å². The predicted octanol–water partition coefficient (Wildman–Crippen LogP) is 3.25. The van der Waals surface area contributed by atoms with Gasteiger partial charge in [-0.3, -0.25) is 14.6 Å². The number of aromatic nitrogens is 1. The lowest BCUT2D eigenvalue weighted by atomic mass is 10.1. The first-order valence-corrected chi connectivity index (χ1v) is 10.0. The maximum Gasteiger partial charge on any atom is 0.313 e. The van der Waals surface area contributed by atoms with E-state index in [0.29, 0.717) is 12.2 Å². The van der Waals surface area contributed by atoms with Crippen LogP contribution in [0.4, 0.5) is 11.4 Å². The lowest BCUT2D eigenvalue weighted by Crippen LogP contribution is -2.41. The molecule has 2 N–H and O–H groups in total. The van der Waals surface area contributed by atoms with Crippen molar-refractivity contribution in [3.05, 3.63) is 89.7 Å². The van der Waals surface area contributed by atoms with Gasteiger partial charge < -0.3 is 15.5 Å². The fourth-order valence-electron chi connectivity index (χ4n) is 3.76. The number of carbonyl (C=O) groups excluding carboxylic acids is 2. The smallest absolute Gasteiger partial charge is 0.313 e. The first-order chi connectivity index (χ1) is 14.6. The molecule has 0 bridgehead atoms. The minimum Gasteiger partial charge on any atom is -0.362 e. The number of rotatable bonds is 5. The van der Waals surface area contributed by atoms with E-state index < -0.39 is 11.8 Å². The molecule has 152 valence electrons. The fraction of sp³-hybridized carbons (Fsp3) is 0.208. The first kappa shape index (κ1) is 19.6. The number of hydrogen-bond donors (Lipinski definition) is 2. The Morgan fingerprint density at radius 1 is 1.03 bits per heavy atom. The largest absolute Gasteiger partial charge is 0.362 e. The molecule has 2 heterocycles. The van der Waals surface area contributed by atoms with E-state index in [-0.39, 0.29) is 6.04 Å². The van der Waals surface area contributed by atoms with Gasteiger partial charge in [-0.05, 0) is 48.7 Å². The number of carbonyl (C=O) groups is 2. The fourth-order valence-corrected chi connectivity index (χ4v) is 3.76. The second kappa shape index (κ2) is 8.78. The lowest BCUT2D eigenvalue weighted by Gasteiger charge is -2.30. The molecule has 1 atom stereocenters. The summed E-state index contributed by atoms with van der Waals surface area (Å²) >= 11 is 0. The third-order valence-electron chi connectivity index (χ3n) is 5.34. The van der Waals surface area contributed by atoms with E-state index in [1.165, 1.54) is 5.56 Å². The highest BCUT2D eigenvalue weighted by molar-refractivity contribution is 6.39. The van der Waals surface area contributed by atoms with Crippen LogP contribution in [0.15, 0.2) is 73.1 Å². The molecule has 0 radical (unpaired) electrons. The van der Waals surface area contributed by atoms with E-state index in [1.807, 2.05) is 49.5 Å². The van der Waals surface area contributed by atoms with E-state index >= 15 is 0 Å². The molecule has 30 heavy (non-hydrogen) atoms. The number of nitrogens with zero attached hydrogens (tertiary/aromatic N) is 2. The molecule has 0 saturated carbocycles. The second-order valence-electron chi connectivity index (χ2n) is 7.40. The maximum atomic E-state index is 12.5. The predicted molar refractivity (Wildman–Crippen MR) is 117 cm³/mol. The Morgan fingerprint density at radius 3 is 2.60 bits per heavy atom.